The lowest BCUT2D eigenvalue weighted by Crippen LogP contribution is -2.08. The summed E-state index contributed by atoms with van der Waals surface area (Å²) in [4.78, 5) is 0. The topological polar surface area (TPSA) is 12.0 Å². The second-order valence-corrected chi connectivity index (χ2v) is 3.16. The number of nitrogens with one attached hydrogen (secondary N) is 1. The maximum atomic E-state index is 13.0. The van der Waals surface area contributed by atoms with E-state index < -0.39 is 11.6 Å². The molecule has 1 aliphatic heterocycles. The highest BCUT2D eigenvalue weighted by molar-refractivity contribution is 5.57. The van der Waals surface area contributed by atoms with E-state index in [9.17, 15) is 8.78 Å². The van der Waals surface area contributed by atoms with Crippen LogP contribution in [0.4, 0.5) is 14.5 Å². The van der Waals surface area contributed by atoms with Gasteiger partial charge in [-0.15, -0.1) is 0 Å². The summed E-state index contributed by atoms with van der Waals surface area (Å²) in [5, 5.41) is 3.00. The molecule has 0 bridgehead atoms. The SMILES string of the molecule is CC1Cc2c(F)cc(F)cc2N1. The van der Waals surface area contributed by atoms with E-state index in [0.29, 0.717) is 17.7 Å². The van der Waals surface area contributed by atoms with Gasteiger partial charge in [0.25, 0.3) is 0 Å². The van der Waals surface area contributed by atoms with Crippen molar-refractivity contribution in [1.29, 1.82) is 0 Å². The Balaban J connectivity index is 2.52. The number of halogens is 2. The Hall–Kier alpha value is -1.12. The van der Waals surface area contributed by atoms with Crippen molar-refractivity contribution in [1.82, 2.24) is 0 Å². The van der Waals surface area contributed by atoms with E-state index in [4.69, 9.17) is 0 Å². The average Bonchev–Trinajstić information content (AvgIpc) is 2.29. The minimum absolute atomic E-state index is 0.205. The number of hydrogen-bond acceptors (Lipinski definition) is 1. The molecule has 1 aliphatic rings. The van der Waals surface area contributed by atoms with E-state index in [1.807, 2.05) is 6.92 Å². The van der Waals surface area contributed by atoms with Crippen LogP contribution in [-0.4, -0.2) is 6.04 Å². The largest absolute Gasteiger partial charge is 0.382 e. The molecule has 64 valence electrons. The summed E-state index contributed by atoms with van der Waals surface area (Å²) in [5.74, 6) is -0.963. The van der Waals surface area contributed by atoms with E-state index >= 15 is 0 Å². The molecule has 1 aromatic carbocycles. The van der Waals surface area contributed by atoms with Crippen LogP contribution < -0.4 is 5.32 Å². The van der Waals surface area contributed by atoms with E-state index in [1.165, 1.54) is 6.07 Å². The van der Waals surface area contributed by atoms with Crippen LogP contribution >= 0.6 is 0 Å². The van der Waals surface area contributed by atoms with Gasteiger partial charge in [-0.05, 0) is 19.4 Å². The van der Waals surface area contributed by atoms with Gasteiger partial charge in [0.2, 0.25) is 0 Å². The van der Waals surface area contributed by atoms with Crippen molar-refractivity contribution in [2.45, 2.75) is 19.4 Å². The average molecular weight is 169 g/mol. The normalized spacial score (nSPS) is 20.4. The minimum Gasteiger partial charge on any atom is -0.382 e. The Morgan fingerprint density at radius 1 is 1.42 bits per heavy atom. The molecular formula is C9H9F2N. The van der Waals surface area contributed by atoms with Crippen molar-refractivity contribution in [3.8, 4) is 0 Å². The maximum Gasteiger partial charge on any atom is 0.131 e. The smallest absolute Gasteiger partial charge is 0.131 e. The predicted octanol–water partition coefficient (Wildman–Crippen LogP) is 2.32. The molecule has 0 spiro atoms. The quantitative estimate of drug-likeness (QED) is 0.628. The molecule has 0 saturated carbocycles. The molecule has 0 fully saturated rings. The van der Waals surface area contributed by atoms with E-state index in [1.54, 1.807) is 0 Å². The molecule has 0 saturated heterocycles. The van der Waals surface area contributed by atoms with Gasteiger partial charge in [0.15, 0.2) is 0 Å². The number of fused-ring (bicyclic) bond motifs is 1. The van der Waals surface area contributed by atoms with Crippen LogP contribution in [0.25, 0.3) is 0 Å². The molecule has 1 nitrogen and oxygen atoms in total. The van der Waals surface area contributed by atoms with Crippen molar-refractivity contribution in [3.05, 3.63) is 29.3 Å². The van der Waals surface area contributed by atoms with Gasteiger partial charge in [0.1, 0.15) is 11.6 Å². The molecule has 0 aliphatic carbocycles. The first-order valence-corrected chi connectivity index (χ1v) is 3.91. The van der Waals surface area contributed by atoms with Gasteiger partial charge in [-0.25, -0.2) is 8.78 Å². The van der Waals surface area contributed by atoms with Crippen LogP contribution in [0.3, 0.4) is 0 Å². The fourth-order valence-corrected chi connectivity index (χ4v) is 1.56. The zero-order valence-corrected chi connectivity index (χ0v) is 6.70. The third-order valence-electron chi connectivity index (χ3n) is 2.07. The van der Waals surface area contributed by atoms with Gasteiger partial charge in [-0.3, -0.25) is 0 Å². The lowest BCUT2D eigenvalue weighted by Gasteiger charge is -2.01. The van der Waals surface area contributed by atoms with Crippen molar-refractivity contribution >= 4 is 5.69 Å². The fraction of sp³-hybridized carbons (Fsp3) is 0.333. The second-order valence-electron chi connectivity index (χ2n) is 3.16. The zero-order valence-electron chi connectivity index (χ0n) is 6.70. The summed E-state index contributed by atoms with van der Waals surface area (Å²) in [5.41, 5.74) is 1.20. The van der Waals surface area contributed by atoms with Crippen LogP contribution in [-0.2, 0) is 6.42 Å². The Kier molecular flexibility index (Phi) is 1.53. The first-order valence-electron chi connectivity index (χ1n) is 3.91. The Labute approximate surface area is 69.4 Å². The van der Waals surface area contributed by atoms with Crippen LogP contribution in [0, 0.1) is 11.6 Å². The maximum absolute atomic E-state index is 13.0. The molecule has 1 atom stereocenters. The highest BCUT2D eigenvalue weighted by atomic mass is 19.1. The molecule has 0 radical (unpaired) electrons. The van der Waals surface area contributed by atoms with Crippen molar-refractivity contribution in [3.63, 3.8) is 0 Å². The molecule has 2 rings (SSSR count). The molecule has 0 amide bonds. The molecule has 1 heterocycles. The summed E-state index contributed by atoms with van der Waals surface area (Å²) in [6, 6.07) is 2.47. The number of rotatable bonds is 0. The third kappa shape index (κ3) is 1.05. The van der Waals surface area contributed by atoms with Gasteiger partial charge in [-0.2, -0.15) is 0 Å². The highest BCUT2D eigenvalue weighted by Gasteiger charge is 2.20. The van der Waals surface area contributed by atoms with E-state index in [2.05, 4.69) is 5.32 Å². The number of benzene rings is 1. The molecule has 0 aromatic heterocycles. The summed E-state index contributed by atoms with van der Waals surface area (Å²) in [6.45, 7) is 1.94. The standard InChI is InChI=1S/C9H9F2N/c1-5-2-7-8(11)3-6(10)4-9(7)12-5/h3-5,12H,2H2,1H3. The Morgan fingerprint density at radius 3 is 2.92 bits per heavy atom. The molecule has 1 aromatic rings. The minimum atomic E-state index is -0.521. The first kappa shape index (κ1) is 7.53. The number of hydrogen-bond donors (Lipinski definition) is 1. The summed E-state index contributed by atoms with van der Waals surface area (Å²) < 4.78 is 25.7. The van der Waals surface area contributed by atoms with Gasteiger partial charge >= 0.3 is 0 Å². The Morgan fingerprint density at radius 2 is 2.17 bits per heavy atom. The third-order valence-corrected chi connectivity index (χ3v) is 2.07. The van der Waals surface area contributed by atoms with Gasteiger partial charge in [0.05, 0.1) is 0 Å². The predicted molar refractivity (Wildman–Crippen MR) is 43.1 cm³/mol. The summed E-state index contributed by atoms with van der Waals surface area (Å²) >= 11 is 0. The lowest BCUT2D eigenvalue weighted by molar-refractivity contribution is 0.575. The highest BCUT2D eigenvalue weighted by Crippen LogP contribution is 2.28. The molecule has 3 heteroatoms. The zero-order chi connectivity index (χ0) is 8.72. The van der Waals surface area contributed by atoms with Gasteiger partial charge < -0.3 is 5.32 Å². The Bertz CT molecular complexity index is 323. The molecule has 1 unspecified atom stereocenters. The monoisotopic (exact) mass is 169 g/mol. The summed E-state index contributed by atoms with van der Waals surface area (Å²) in [6.07, 6.45) is 0.640. The first-order chi connectivity index (χ1) is 5.66. The second kappa shape index (κ2) is 2.44. The van der Waals surface area contributed by atoms with Crippen LogP contribution in [0.5, 0.6) is 0 Å². The summed E-state index contributed by atoms with van der Waals surface area (Å²) in [7, 11) is 0. The van der Waals surface area contributed by atoms with Crippen LogP contribution in [0.2, 0.25) is 0 Å². The molecule has 1 N–H and O–H groups in total. The number of anilines is 1. The molecular weight excluding hydrogens is 160 g/mol. The van der Waals surface area contributed by atoms with Crippen LogP contribution in [0.15, 0.2) is 12.1 Å². The van der Waals surface area contributed by atoms with Gasteiger partial charge in [-0.1, -0.05) is 0 Å². The van der Waals surface area contributed by atoms with Crippen molar-refractivity contribution in [2.24, 2.45) is 0 Å². The van der Waals surface area contributed by atoms with E-state index in [-0.39, 0.29) is 6.04 Å². The van der Waals surface area contributed by atoms with Gasteiger partial charge in [0, 0.05) is 23.4 Å². The van der Waals surface area contributed by atoms with Crippen molar-refractivity contribution in [2.75, 3.05) is 5.32 Å². The van der Waals surface area contributed by atoms with Crippen molar-refractivity contribution < 1.29 is 8.78 Å². The lowest BCUT2D eigenvalue weighted by atomic mass is 10.1. The molecule has 12 heavy (non-hydrogen) atoms. The van der Waals surface area contributed by atoms with Crippen LogP contribution in [0.1, 0.15) is 12.5 Å². The fourth-order valence-electron chi connectivity index (χ4n) is 1.56. The van der Waals surface area contributed by atoms with E-state index in [0.717, 1.165) is 6.07 Å².